The van der Waals surface area contributed by atoms with Crippen LogP contribution in [0.5, 0.6) is 0 Å². The van der Waals surface area contributed by atoms with E-state index in [1.54, 1.807) is 0 Å². The molecule has 1 aromatic rings. The zero-order valence-electron chi connectivity index (χ0n) is 10.1. The van der Waals surface area contributed by atoms with Crippen molar-refractivity contribution in [3.8, 4) is 0 Å². The van der Waals surface area contributed by atoms with Crippen molar-refractivity contribution >= 4 is 5.78 Å². The number of hydrogen-bond acceptors (Lipinski definition) is 4. The molecule has 0 amide bonds. The van der Waals surface area contributed by atoms with Crippen molar-refractivity contribution in [1.82, 2.24) is 4.98 Å². The summed E-state index contributed by atoms with van der Waals surface area (Å²) in [5.41, 5.74) is 7.81. The Morgan fingerprint density at radius 2 is 2.35 bits per heavy atom. The van der Waals surface area contributed by atoms with Crippen molar-refractivity contribution in [2.45, 2.75) is 25.8 Å². The highest BCUT2D eigenvalue weighted by molar-refractivity contribution is 5.84. The Morgan fingerprint density at radius 1 is 1.53 bits per heavy atom. The Kier molecular flexibility index (Phi) is 3.86. The highest BCUT2D eigenvalue weighted by Crippen LogP contribution is 2.15. The zero-order chi connectivity index (χ0) is 12.3. The Hall–Kier alpha value is -1.26. The number of carbonyl (C=O) groups is 1. The van der Waals surface area contributed by atoms with Crippen LogP contribution in [0.4, 0.5) is 0 Å². The molecule has 92 valence electrons. The maximum absolute atomic E-state index is 12.0. The molecule has 0 spiro atoms. The van der Waals surface area contributed by atoms with Crippen LogP contribution >= 0.6 is 0 Å². The summed E-state index contributed by atoms with van der Waals surface area (Å²) in [5.74, 6) is -0.0330. The fraction of sp³-hybridized carbons (Fsp3) is 0.538. The van der Waals surface area contributed by atoms with Gasteiger partial charge in [-0.3, -0.25) is 9.78 Å². The molecule has 2 unspecified atom stereocenters. The largest absolute Gasteiger partial charge is 0.379 e. The maximum atomic E-state index is 12.0. The number of carbonyl (C=O) groups excluding carboxylic acids is 1. The number of rotatable bonds is 4. The van der Waals surface area contributed by atoms with Gasteiger partial charge in [-0.2, -0.15) is 0 Å². The summed E-state index contributed by atoms with van der Waals surface area (Å²) in [7, 11) is 0. The van der Waals surface area contributed by atoms with Gasteiger partial charge in [0.25, 0.3) is 0 Å². The summed E-state index contributed by atoms with van der Waals surface area (Å²) >= 11 is 0. The minimum absolute atomic E-state index is 0.131. The topological polar surface area (TPSA) is 65.2 Å². The molecular weight excluding hydrogens is 216 g/mol. The number of nitrogens with two attached hydrogens (primary N) is 1. The number of pyridine rings is 1. The summed E-state index contributed by atoms with van der Waals surface area (Å²) in [5, 5.41) is 0. The molecule has 1 saturated heterocycles. The first kappa shape index (κ1) is 12.2. The van der Waals surface area contributed by atoms with Crippen LogP contribution in [0.3, 0.4) is 0 Å². The van der Waals surface area contributed by atoms with Crippen molar-refractivity contribution in [1.29, 1.82) is 0 Å². The molecular formula is C13H18N2O2. The van der Waals surface area contributed by atoms with E-state index in [1.807, 2.05) is 18.3 Å². The van der Waals surface area contributed by atoms with E-state index >= 15 is 0 Å². The summed E-state index contributed by atoms with van der Waals surface area (Å²) in [4.78, 5) is 16.3. The summed E-state index contributed by atoms with van der Waals surface area (Å²) in [6, 6.07) is 3.77. The molecule has 2 heterocycles. The molecule has 1 aliphatic rings. The van der Waals surface area contributed by atoms with E-state index in [1.165, 1.54) is 5.56 Å². The van der Waals surface area contributed by atoms with Crippen LogP contribution in [0.15, 0.2) is 18.3 Å². The lowest BCUT2D eigenvalue weighted by Crippen LogP contribution is -2.35. The van der Waals surface area contributed by atoms with E-state index in [4.69, 9.17) is 10.5 Å². The number of Topliss-reactive ketones (excluding diaryl/α,β-unsaturated/α-hetero) is 1. The minimum Gasteiger partial charge on any atom is -0.379 e. The summed E-state index contributed by atoms with van der Waals surface area (Å²) in [6.45, 7) is 3.02. The molecule has 1 aromatic heterocycles. The van der Waals surface area contributed by atoms with Crippen molar-refractivity contribution in [3.63, 3.8) is 0 Å². The first-order chi connectivity index (χ1) is 8.20. The molecule has 4 nitrogen and oxygen atoms in total. The van der Waals surface area contributed by atoms with E-state index in [0.717, 1.165) is 12.1 Å². The molecule has 2 rings (SSSR count). The van der Waals surface area contributed by atoms with Gasteiger partial charge in [0.1, 0.15) is 5.78 Å². The van der Waals surface area contributed by atoms with Crippen molar-refractivity contribution in [2.24, 2.45) is 11.7 Å². The first-order valence-corrected chi connectivity index (χ1v) is 6.00. The van der Waals surface area contributed by atoms with Gasteiger partial charge < -0.3 is 10.5 Å². The van der Waals surface area contributed by atoms with Crippen molar-refractivity contribution in [2.75, 3.05) is 13.2 Å². The molecule has 4 heteroatoms. The lowest BCUT2D eigenvalue weighted by molar-refractivity contribution is -0.122. The maximum Gasteiger partial charge on any atom is 0.145 e. The van der Waals surface area contributed by atoms with Crippen LogP contribution in [-0.2, 0) is 22.4 Å². The molecule has 17 heavy (non-hydrogen) atoms. The van der Waals surface area contributed by atoms with Gasteiger partial charge in [-0.05, 0) is 18.1 Å². The van der Waals surface area contributed by atoms with E-state index in [0.29, 0.717) is 19.6 Å². The van der Waals surface area contributed by atoms with Crippen LogP contribution in [0.25, 0.3) is 0 Å². The fourth-order valence-corrected chi connectivity index (χ4v) is 1.98. The monoisotopic (exact) mass is 234 g/mol. The average molecular weight is 234 g/mol. The quantitative estimate of drug-likeness (QED) is 0.834. The standard InChI is InChI=1S/C13H18N2O2/c1-2-9-3-4-10(15-6-9)5-13(16)11-7-17-8-12(11)14/h3-4,6,11-12H,2,5,7-8,14H2,1H3. The zero-order valence-corrected chi connectivity index (χ0v) is 10.1. The van der Waals surface area contributed by atoms with Gasteiger partial charge in [0.2, 0.25) is 0 Å². The number of aryl methyl sites for hydroxylation is 1. The molecule has 0 aromatic carbocycles. The van der Waals surface area contributed by atoms with E-state index in [2.05, 4.69) is 11.9 Å². The number of ketones is 1. The van der Waals surface area contributed by atoms with Crippen LogP contribution in [0.2, 0.25) is 0 Å². The molecule has 1 fully saturated rings. The predicted molar refractivity (Wildman–Crippen MR) is 64.6 cm³/mol. The van der Waals surface area contributed by atoms with Gasteiger partial charge in [-0.1, -0.05) is 13.0 Å². The third kappa shape index (κ3) is 2.90. The third-order valence-electron chi connectivity index (χ3n) is 3.19. The normalized spacial score (nSPS) is 23.9. The summed E-state index contributed by atoms with van der Waals surface area (Å²) < 4.78 is 5.20. The average Bonchev–Trinajstić information content (AvgIpc) is 2.76. The van der Waals surface area contributed by atoms with Crippen molar-refractivity contribution < 1.29 is 9.53 Å². The second-order valence-electron chi connectivity index (χ2n) is 4.46. The van der Waals surface area contributed by atoms with E-state index in [-0.39, 0.29) is 17.7 Å². The smallest absolute Gasteiger partial charge is 0.145 e. The SMILES string of the molecule is CCc1ccc(CC(=O)C2COCC2N)nc1. The van der Waals surface area contributed by atoms with Gasteiger partial charge in [-0.25, -0.2) is 0 Å². The van der Waals surface area contributed by atoms with E-state index < -0.39 is 0 Å². The molecule has 1 aliphatic heterocycles. The number of ether oxygens (including phenoxy) is 1. The molecule has 2 N–H and O–H groups in total. The highest BCUT2D eigenvalue weighted by Gasteiger charge is 2.31. The van der Waals surface area contributed by atoms with E-state index in [9.17, 15) is 4.79 Å². The van der Waals surface area contributed by atoms with Gasteiger partial charge >= 0.3 is 0 Å². The Morgan fingerprint density at radius 3 is 2.88 bits per heavy atom. The minimum atomic E-state index is -0.164. The highest BCUT2D eigenvalue weighted by atomic mass is 16.5. The molecule has 0 aliphatic carbocycles. The fourth-order valence-electron chi connectivity index (χ4n) is 1.98. The van der Waals surface area contributed by atoms with Gasteiger partial charge in [0, 0.05) is 24.4 Å². The molecule has 2 atom stereocenters. The Labute approximate surface area is 101 Å². The van der Waals surface area contributed by atoms with Crippen LogP contribution < -0.4 is 5.73 Å². The summed E-state index contributed by atoms with van der Waals surface area (Å²) in [6.07, 6.45) is 3.14. The second-order valence-corrected chi connectivity index (χ2v) is 4.46. The number of hydrogen-bond donors (Lipinski definition) is 1. The lowest BCUT2D eigenvalue weighted by Gasteiger charge is -2.11. The first-order valence-electron chi connectivity index (χ1n) is 6.00. The van der Waals surface area contributed by atoms with Crippen LogP contribution in [0, 0.1) is 5.92 Å². The van der Waals surface area contributed by atoms with Gasteiger partial charge in [0.15, 0.2) is 0 Å². The Balaban J connectivity index is 1.97. The van der Waals surface area contributed by atoms with Crippen LogP contribution in [-0.4, -0.2) is 30.0 Å². The number of nitrogens with zero attached hydrogens (tertiary/aromatic N) is 1. The molecule has 0 saturated carbocycles. The van der Waals surface area contributed by atoms with Gasteiger partial charge in [-0.15, -0.1) is 0 Å². The Bertz CT molecular complexity index is 389. The molecule has 0 bridgehead atoms. The predicted octanol–water partition coefficient (Wildman–Crippen LogP) is 0.729. The third-order valence-corrected chi connectivity index (χ3v) is 3.19. The van der Waals surface area contributed by atoms with Gasteiger partial charge in [0.05, 0.1) is 19.1 Å². The second kappa shape index (κ2) is 5.38. The molecule has 0 radical (unpaired) electrons. The van der Waals surface area contributed by atoms with Crippen LogP contribution in [0.1, 0.15) is 18.2 Å². The number of aromatic nitrogens is 1. The lowest BCUT2D eigenvalue weighted by atomic mass is 9.96. The van der Waals surface area contributed by atoms with Crippen molar-refractivity contribution in [3.05, 3.63) is 29.6 Å².